The molecule has 146 valence electrons. The van der Waals surface area contributed by atoms with Crippen LogP contribution in [0.15, 0.2) is 30.5 Å². The van der Waals surface area contributed by atoms with Crippen molar-refractivity contribution in [3.63, 3.8) is 0 Å². The van der Waals surface area contributed by atoms with Gasteiger partial charge >= 0.3 is 6.18 Å². The smallest absolute Gasteiger partial charge is 0.423 e. The zero-order valence-electron chi connectivity index (χ0n) is 15.2. The molecule has 0 radical (unpaired) electrons. The van der Waals surface area contributed by atoms with E-state index in [9.17, 15) is 13.2 Å². The van der Waals surface area contributed by atoms with Crippen molar-refractivity contribution in [1.82, 2.24) is 9.97 Å². The summed E-state index contributed by atoms with van der Waals surface area (Å²) in [5.74, 6) is 0.152. The Morgan fingerprint density at radius 3 is 2.52 bits per heavy atom. The summed E-state index contributed by atoms with van der Waals surface area (Å²) in [7, 11) is 0. The molecule has 1 aromatic carbocycles. The Balaban J connectivity index is 1.88. The summed E-state index contributed by atoms with van der Waals surface area (Å²) in [6.07, 6.45) is -0.765. The molecule has 3 rings (SSSR count). The predicted molar refractivity (Wildman–Crippen MR) is 95.4 cm³/mol. The minimum Gasteiger partial charge on any atom is -0.489 e. The molecule has 1 aliphatic carbocycles. The lowest BCUT2D eigenvalue weighted by molar-refractivity contribution is -0.139. The highest BCUT2D eigenvalue weighted by Gasteiger charge is 2.37. The summed E-state index contributed by atoms with van der Waals surface area (Å²) in [5.41, 5.74) is -0.399. The molecule has 27 heavy (non-hydrogen) atoms. The highest BCUT2D eigenvalue weighted by molar-refractivity contribution is 5.62. The van der Waals surface area contributed by atoms with Gasteiger partial charge in [-0.2, -0.15) is 18.2 Å². The van der Waals surface area contributed by atoms with E-state index in [0.717, 1.165) is 31.9 Å². The summed E-state index contributed by atoms with van der Waals surface area (Å²) in [6.45, 7) is 3.78. The number of anilines is 2. The van der Waals surface area contributed by atoms with Crippen LogP contribution in [0.3, 0.4) is 0 Å². The molecular weight excluding hydrogens is 359 g/mol. The summed E-state index contributed by atoms with van der Waals surface area (Å²) in [4.78, 5) is 7.82. The van der Waals surface area contributed by atoms with Crippen molar-refractivity contribution in [3.8, 4) is 11.6 Å². The lowest BCUT2D eigenvalue weighted by Crippen LogP contribution is -2.18. The van der Waals surface area contributed by atoms with Gasteiger partial charge in [0.1, 0.15) is 17.4 Å². The fourth-order valence-electron chi connectivity index (χ4n) is 2.92. The number of benzene rings is 1. The molecule has 1 aliphatic rings. The fourth-order valence-corrected chi connectivity index (χ4v) is 2.92. The number of nitrogens with zero attached hydrogens (tertiary/aromatic N) is 2. The number of aromatic nitrogens is 2. The van der Waals surface area contributed by atoms with Gasteiger partial charge in [-0.15, -0.1) is 0 Å². The van der Waals surface area contributed by atoms with Gasteiger partial charge in [0.2, 0.25) is 11.8 Å². The van der Waals surface area contributed by atoms with Gasteiger partial charge in [-0.05, 0) is 51.7 Å². The lowest BCUT2D eigenvalue weighted by atomic mass is 10.3. The van der Waals surface area contributed by atoms with Crippen LogP contribution < -0.4 is 14.8 Å². The second-order valence-electron chi connectivity index (χ2n) is 6.72. The highest BCUT2D eigenvalue weighted by atomic mass is 19.4. The van der Waals surface area contributed by atoms with Gasteiger partial charge < -0.3 is 14.8 Å². The van der Waals surface area contributed by atoms with Crippen LogP contribution in [0.1, 0.15) is 45.1 Å². The third-order valence-corrected chi connectivity index (χ3v) is 4.14. The fraction of sp³-hybridized carbons (Fsp3) is 0.474. The van der Waals surface area contributed by atoms with Crippen LogP contribution in [-0.2, 0) is 6.18 Å². The molecule has 0 unspecified atom stereocenters. The van der Waals surface area contributed by atoms with Crippen molar-refractivity contribution >= 4 is 11.6 Å². The molecule has 2 aromatic rings. The summed E-state index contributed by atoms with van der Waals surface area (Å²) < 4.78 is 51.1. The van der Waals surface area contributed by atoms with Crippen LogP contribution in [0.25, 0.3) is 0 Å². The Hall–Kier alpha value is -2.51. The third kappa shape index (κ3) is 5.02. The first-order valence-electron chi connectivity index (χ1n) is 8.96. The summed E-state index contributed by atoms with van der Waals surface area (Å²) in [6, 6.07) is 7.11. The predicted octanol–water partition coefficient (Wildman–Crippen LogP) is 5.35. The molecule has 1 N–H and O–H groups in total. The van der Waals surface area contributed by atoms with E-state index >= 15 is 0 Å². The van der Waals surface area contributed by atoms with Crippen molar-refractivity contribution in [2.45, 2.75) is 57.9 Å². The van der Waals surface area contributed by atoms with Gasteiger partial charge in [-0.3, -0.25) is 0 Å². The van der Waals surface area contributed by atoms with Gasteiger partial charge in [0.15, 0.2) is 0 Å². The van der Waals surface area contributed by atoms with E-state index in [4.69, 9.17) is 9.47 Å². The standard InChI is InChI=1S/C19H22F3N3O2/c1-12(2)26-16-10-6-5-9-15(16)24-18-23-11-14(19(20,21)22)17(25-18)27-13-7-3-4-8-13/h5-6,9-13H,3-4,7-8H2,1-2H3,(H,23,24,25). The SMILES string of the molecule is CC(C)Oc1ccccc1Nc1ncc(C(F)(F)F)c(OC2CCCC2)n1. The molecule has 0 spiro atoms. The average molecular weight is 381 g/mol. The number of ether oxygens (including phenoxy) is 2. The minimum atomic E-state index is -4.58. The minimum absolute atomic E-state index is 0.0239. The molecule has 1 heterocycles. The average Bonchev–Trinajstić information content (AvgIpc) is 3.08. The zero-order valence-corrected chi connectivity index (χ0v) is 15.2. The van der Waals surface area contributed by atoms with Crippen molar-refractivity contribution < 1.29 is 22.6 Å². The van der Waals surface area contributed by atoms with Crippen LogP contribution >= 0.6 is 0 Å². The largest absolute Gasteiger partial charge is 0.489 e. The van der Waals surface area contributed by atoms with E-state index in [1.54, 1.807) is 18.2 Å². The van der Waals surface area contributed by atoms with E-state index in [0.29, 0.717) is 11.4 Å². The number of rotatable bonds is 6. The van der Waals surface area contributed by atoms with Crippen LogP contribution in [0.4, 0.5) is 24.8 Å². The van der Waals surface area contributed by atoms with E-state index in [1.807, 2.05) is 19.9 Å². The normalized spacial score (nSPS) is 15.2. The quantitative estimate of drug-likeness (QED) is 0.731. The molecule has 8 heteroatoms. The van der Waals surface area contributed by atoms with E-state index in [2.05, 4.69) is 15.3 Å². The van der Waals surface area contributed by atoms with Gasteiger partial charge in [-0.1, -0.05) is 12.1 Å². The molecule has 5 nitrogen and oxygen atoms in total. The number of nitrogens with one attached hydrogen (secondary N) is 1. The molecule has 0 saturated heterocycles. The summed E-state index contributed by atoms with van der Waals surface area (Å²) in [5, 5.41) is 2.93. The van der Waals surface area contributed by atoms with E-state index in [-0.39, 0.29) is 18.2 Å². The van der Waals surface area contributed by atoms with Gasteiger partial charge in [0.25, 0.3) is 0 Å². The van der Waals surface area contributed by atoms with Crippen LogP contribution in [0, 0.1) is 0 Å². The highest BCUT2D eigenvalue weighted by Crippen LogP contribution is 2.37. The second kappa shape index (κ2) is 8.02. The first-order chi connectivity index (χ1) is 12.8. The molecule has 0 amide bonds. The topological polar surface area (TPSA) is 56.3 Å². The van der Waals surface area contributed by atoms with Crippen molar-refractivity contribution in [1.29, 1.82) is 0 Å². The number of hydrogen-bond acceptors (Lipinski definition) is 5. The van der Waals surface area contributed by atoms with Gasteiger partial charge in [0.05, 0.1) is 11.8 Å². The van der Waals surface area contributed by atoms with Crippen molar-refractivity contribution in [2.75, 3.05) is 5.32 Å². The van der Waals surface area contributed by atoms with E-state index < -0.39 is 17.6 Å². The maximum atomic E-state index is 13.3. The molecular formula is C19H22F3N3O2. The number of hydrogen-bond donors (Lipinski definition) is 1. The van der Waals surface area contributed by atoms with E-state index in [1.165, 1.54) is 0 Å². The number of halogens is 3. The Bertz CT molecular complexity index is 775. The zero-order chi connectivity index (χ0) is 19.4. The van der Waals surface area contributed by atoms with Gasteiger partial charge in [0, 0.05) is 6.20 Å². The molecule has 0 bridgehead atoms. The second-order valence-corrected chi connectivity index (χ2v) is 6.72. The molecule has 1 aromatic heterocycles. The van der Waals surface area contributed by atoms with Crippen LogP contribution in [0.2, 0.25) is 0 Å². The molecule has 1 saturated carbocycles. The maximum absolute atomic E-state index is 13.3. The number of para-hydroxylation sites is 2. The first kappa shape index (κ1) is 19.3. The Kier molecular flexibility index (Phi) is 5.72. The van der Waals surface area contributed by atoms with Crippen molar-refractivity contribution in [2.24, 2.45) is 0 Å². The Morgan fingerprint density at radius 2 is 1.85 bits per heavy atom. The maximum Gasteiger partial charge on any atom is 0.423 e. The lowest BCUT2D eigenvalue weighted by Gasteiger charge is -2.18. The molecule has 0 atom stereocenters. The van der Waals surface area contributed by atoms with Crippen LogP contribution in [0.5, 0.6) is 11.6 Å². The van der Waals surface area contributed by atoms with Crippen molar-refractivity contribution in [3.05, 3.63) is 36.0 Å². The molecule has 0 aliphatic heterocycles. The van der Waals surface area contributed by atoms with Crippen LogP contribution in [-0.4, -0.2) is 22.2 Å². The Labute approximate surface area is 155 Å². The Morgan fingerprint density at radius 1 is 1.15 bits per heavy atom. The summed E-state index contributed by atoms with van der Waals surface area (Å²) >= 11 is 0. The van der Waals surface area contributed by atoms with Gasteiger partial charge in [-0.25, -0.2) is 4.98 Å². The molecule has 1 fully saturated rings. The monoisotopic (exact) mass is 381 g/mol. The number of alkyl halides is 3. The first-order valence-corrected chi connectivity index (χ1v) is 8.96. The third-order valence-electron chi connectivity index (χ3n) is 4.14.